The van der Waals surface area contributed by atoms with Crippen molar-refractivity contribution in [1.82, 2.24) is 10.3 Å². The van der Waals surface area contributed by atoms with Crippen LogP contribution < -0.4 is 10.6 Å². The third-order valence-corrected chi connectivity index (χ3v) is 3.57. The summed E-state index contributed by atoms with van der Waals surface area (Å²) in [4.78, 5) is 26.5. The molecular weight excluding hydrogens is 354 g/mol. The topological polar surface area (TPSA) is 74.0 Å². The fourth-order valence-electron chi connectivity index (χ4n) is 2.31. The number of aromatic nitrogens is 1. The van der Waals surface area contributed by atoms with E-state index >= 15 is 0 Å². The van der Waals surface area contributed by atoms with Gasteiger partial charge in [-0.1, -0.05) is 6.07 Å². The summed E-state index contributed by atoms with van der Waals surface area (Å²) in [7, 11) is 0. The molecule has 3 aromatic rings. The summed E-state index contributed by atoms with van der Waals surface area (Å²) in [6.07, 6.45) is 0. The summed E-state index contributed by atoms with van der Waals surface area (Å²) < 4.78 is 53.0. The molecule has 0 saturated heterocycles. The Morgan fingerprint density at radius 1 is 0.962 bits per heavy atom. The summed E-state index contributed by atoms with van der Waals surface area (Å²) in [6.45, 7) is -0.560. The molecule has 134 valence electrons. The van der Waals surface area contributed by atoms with E-state index in [4.69, 9.17) is 0 Å². The van der Waals surface area contributed by atoms with E-state index in [9.17, 15) is 27.2 Å². The van der Waals surface area contributed by atoms with Crippen molar-refractivity contribution in [1.29, 1.82) is 0 Å². The Balaban J connectivity index is 1.64. The Labute approximate surface area is 144 Å². The largest absolute Gasteiger partial charge is 0.350 e. The van der Waals surface area contributed by atoms with Gasteiger partial charge in [-0.25, -0.2) is 17.6 Å². The molecule has 1 heterocycles. The quantitative estimate of drug-likeness (QED) is 0.491. The number of rotatable bonds is 4. The van der Waals surface area contributed by atoms with Crippen LogP contribution in [-0.2, 0) is 4.79 Å². The zero-order valence-corrected chi connectivity index (χ0v) is 13.0. The average molecular weight is 365 g/mol. The normalized spacial score (nSPS) is 10.8. The molecule has 26 heavy (non-hydrogen) atoms. The SMILES string of the molecule is O=C(CNC(=O)c1cc2c(F)cccc2[nH]1)Nc1ccc(F)c(F)c1F. The average Bonchev–Trinajstić information content (AvgIpc) is 3.06. The van der Waals surface area contributed by atoms with Crippen LogP contribution in [0.15, 0.2) is 36.4 Å². The monoisotopic (exact) mass is 365 g/mol. The maximum absolute atomic E-state index is 13.6. The van der Waals surface area contributed by atoms with Crippen molar-refractivity contribution in [3.05, 3.63) is 65.4 Å². The van der Waals surface area contributed by atoms with Gasteiger partial charge in [-0.2, -0.15) is 0 Å². The van der Waals surface area contributed by atoms with Gasteiger partial charge in [0.2, 0.25) is 5.91 Å². The van der Waals surface area contributed by atoms with Crippen LogP contribution in [0.25, 0.3) is 10.9 Å². The summed E-state index contributed by atoms with van der Waals surface area (Å²) in [6, 6.07) is 7.08. The van der Waals surface area contributed by atoms with Gasteiger partial charge in [0.15, 0.2) is 17.5 Å². The lowest BCUT2D eigenvalue weighted by molar-refractivity contribution is -0.115. The van der Waals surface area contributed by atoms with Gasteiger partial charge in [0.05, 0.1) is 12.2 Å². The van der Waals surface area contributed by atoms with E-state index in [2.05, 4.69) is 10.3 Å². The maximum Gasteiger partial charge on any atom is 0.268 e. The Morgan fingerprint density at radius 3 is 2.46 bits per heavy atom. The molecule has 0 spiro atoms. The highest BCUT2D eigenvalue weighted by Gasteiger charge is 2.16. The first-order valence-corrected chi connectivity index (χ1v) is 7.35. The van der Waals surface area contributed by atoms with Gasteiger partial charge in [0, 0.05) is 10.9 Å². The number of amides is 2. The van der Waals surface area contributed by atoms with Gasteiger partial charge in [-0.05, 0) is 30.3 Å². The number of carbonyl (C=O) groups excluding carboxylic acids is 2. The summed E-state index contributed by atoms with van der Waals surface area (Å²) >= 11 is 0. The number of H-pyrrole nitrogens is 1. The Hall–Kier alpha value is -3.36. The standard InChI is InChI=1S/C17H11F4N3O2/c18-9-2-1-3-11-8(9)6-13(23-11)17(26)22-7-14(25)24-12-5-4-10(19)15(20)16(12)21/h1-6,23H,7H2,(H,22,26)(H,24,25). The zero-order valence-electron chi connectivity index (χ0n) is 13.0. The van der Waals surface area contributed by atoms with Crippen molar-refractivity contribution in [2.75, 3.05) is 11.9 Å². The number of carbonyl (C=O) groups is 2. The van der Waals surface area contributed by atoms with E-state index in [1.54, 1.807) is 6.07 Å². The van der Waals surface area contributed by atoms with Crippen LogP contribution in [-0.4, -0.2) is 23.3 Å². The predicted molar refractivity (Wildman–Crippen MR) is 85.5 cm³/mol. The van der Waals surface area contributed by atoms with Crippen molar-refractivity contribution in [3.63, 3.8) is 0 Å². The van der Waals surface area contributed by atoms with Gasteiger partial charge < -0.3 is 15.6 Å². The van der Waals surface area contributed by atoms with Gasteiger partial charge in [-0.3, -0.25) is 9.59 Å². The van der Waals surface area contributed by atoms with Crippen molar-refractivity contribution in [3.8, 4) is 0 Å². The van der Waals surface area contributed by atoms with Gasteiger partial charge in [0.1, 0.15) is 11.5 Å². The van der Waals surface area contributed by atoms with E-state index in [0.29, 0.717) is 11.6 Å². The smallest absolute Gasteiger partial charge is 0.268 e. The molecule has 0 unspecified atom stereocenters. The van der Waals surface area contributed by atoms with Crippen LogP contribution in [0.1, 0.15) is 10.5 Å². The van der Waals surface area contributed by atoms with E-state index in [0.717, 1.165) is 6.07 Å². The molecule has 0 aliphatic carbocycles. The molecule has 9 heteroatoms. The van der Waals surface area contributed by atoms with Gasteiger partial charge in [0.25, 0.3) is 5.91 Å². The third-order valence-electron chi connectivity index (χ3n) is 3.57. The summed E-state index contributed by atoms with van der Waals surface area (Å²) in [5.74, 6) is -6.71. The molecule has 1 aromatic heterocycles. The number of anilines is 1. The second kappa shape index (κ2) is 6.87. The number of fused-ring (bicyclic) bond motifs is 1. The van der Waals surface area contributed by atoms with Crippen LogP contribution in [0.2, 0.25) is 0 Å². The second-order valence-electron chi connectivity index (χ2n) is 5.34. The van der Waals surface area contributed by atoms with Crippen LogP contribution in [0.5, 0.6) is 0 Å². The summed E-state index contributed by atoms with van der Waals surface area (Å²) in [5, 5.41) is 4.48. The maximum atomic E-state index is 13.6. The molecule has 5 nitrogen and oxygen atoms in total. The highest BCUT2D eigenvalue weighted by Crippen LogP contribution is 2.20. The number of nitrogens with one attached hydrogen (secondary N) is 3. The lowest BCUT2D eigenvalue weighted by Crippen LogP contribution is -2.33. The fourth-order valence-corrected chi connectivity index (χ4v) is 2.31. The number of hydrogen-bond donors (Lipinski definition) is 3. The molecule has 0 fully saturated rings. The molecule has 2 aromatic carbocycles. The van der Waals surface area contributed by atoms with Gasteiger partial charge >= 0.3 is 0 Å². The Bertz CT molecular complexity index is 1020. The van der Waals surface area contributed by atoms with E-state index < -0.39 is 47.3 Å². The van der Waals surface area contributed by atoms with Gasteiger partial charge in [-0.15, -0.1) is 0 Å². The first-order chi connectivity index (χ1) is 12.4. The Morgan fingerprint density at radius 2 is 1.73 bits per heavy atom. The molecule has 2 amide bonds. The molecule has 0 aliphatic heterocycles. The van der Waals surface area contributed by atoms with E-state index in [1.807, 2.05) is 5.32 Å². The molecular formula is C17H11F4N3O2. The summed E-state index contributed by atoms with van der Waals surface area (Å²) in [5.41, 5.74) is -0.129. The lowest BCUT2D eigenvalue weighted by Gasteiger charge is -2.08. The molecule has 3 rings (SSSR count). The van der Waals surface area contributed by atoms with Crippen molar-refractivity contribution in [2.24, 2.45) is 0 Å². The van der Waals surface area contributed by atoms with E-state index in [1.165, 1.54) is 18.2 Å². The minimum atomic E-state index is -1.72. The Kier molecular flexibility index (Phi) is 4.61. The minimum Gasteiger partial charge on any atom is -0.350 e. The molecule has 0 bridgehead atoms. The lowest BCUT2D eigenvalue weighted by atomic mass is 10.2. The number of hydrogen-bond acceptors (Lipinski definition) is 2. The van der Waals surface area contributed by atoms with Crippen LogP contribution >= 0.6 is 0 Å². The molecule has 0 radical (unpaired) electrons. The first-order valence-electron chi connectivity index (χ1n) is 7.35. The molecule has 3 N–H and O–H groups in total. The van der Waals surface area contributed by atoms with Crippen molar-refractivity contribution < 1.29 is 27.2 Å². The van der Waals surface area contributed by atoms with E-state index in [-0.39, 0.29) is 11.1 Å². The molecule has 0 saturated carbocycles. The number of aromatic amines is 1. The van der Waals surface area contributed by atoms with Crippen molar-refractivity contribution in [2.45, 2.75) is 0 Å². The fraction of sp³-hybridized carbons (Fsp3) is 0.0588. The van der Waals surface area contributed by atoms with Crippen LogP contribution in [0.4, 0.5) is 23.2 Å². The first kappa shape index (κ1) is 17.5. The third kappa shape index (κ3) is 3.37. The number of benzene rings is 2. The molecule has 0 atom stereocenters. The van der Waals surface area contributed by atoms with Crippen molar-refractivity contribution >= 4 is 28.4 Å². The minimum absolute atomic E-state index is 0.0249. The molecule has 0 aliphatic rings. The highest BCUT2D eigenvalue weighted by molar-refractivity contribution is 6.01. The highest BCUT2D eigenvalue weighted by atomic mass is 19.2. The number of halogens is 4. The predicted octanol–water partition coefficient (Wildman–Crippen LogP) is 3.09. The second-order valence-corrected chi connectivity index (χ2v) is 5.34. The zero-order chi connectivity index (χ0) is 18.8. The van der Waals surface area contributed by atoms with Crippen LogP contribution in [0.3, 0.4) is 0 Å². The van der Waals surface area contributed by atoms with Crippen LogP contribution in [0, 0.1) is 23.3 Å².